The molecule has 2 heterocycles. The summed E-state index contributed by atoms with van der Waals surface area (Å²) in [6.07, 6.45) is -4.39. The van der Waals surface area contributed by atoms with Crippen LogP contribution in [0, 0.1) is 0 Å². The van der Waals surface area contributed by atoms with Crippen molar-refractivity contribution in [3.05, 3.63) is 78.1 Å². The van der Waals surface area contributed by atoms with Gasteiger partial charge in [0.05, 0.1) is 43.4 Å². The number of amides is 2. The van der Waals surface area contributed by atoms with Crippen molar-refractivity contribution in [1.29, 1.82) is 0 Å². The van der Waals surface area contributed by atoms with Crippen molar-refractivity contribution in [3.63, 3.8) is 0 Å². The predicted molar refractivity (Wildman–Crippen MR) is 139 cm³/mol. The van der Waals surface area contributed by atoms with Crippen molar-refractivity contribution in [1.82, 2.24) is 14.9 Å². The molecule has 1 aliphatic heterocycles. The number of anilines is 1. The Morgan fingerprint density at radius 3 is 2.35 bits per heavy atom. The van der Waals surface area contributed by atoms with E-state index in [1.54, 1.807) is 36.4 Å². The molecule has 1 aliphatic rings. The van der Waals surface area contributed by atoms with E-state index in [-0.39, 0.29) is 31.5 Å². The molecule has 1 saturated heterocycles. The van der Waals surface area contributed by atoms with Crippen LogP contribution in [0.25, 0.3) is 22.2 Å². The summed E-state index contributed by atoms with van der Waals surface area (Å²) in [5.41, 5.74) is 2.17. The summed E-state index contributed by atoms with van der Waals surface area (Å²) in [5.74, 6) is 0.525. The Balaban J connectivity index is 1.31. The molecule has 0 atom stereocenters. The number of likely N-dealkylation sites (tertiary alicyclic amines) is 1. The van der Waals surface area contributed by atoms with Crippen molar-refractivity contribution in [2.24, 2.45) is 0 Å². The topological polar surface area (TPSA) is 114 Å². The van der Waals surface area contributed by atoms with E-state index < -0.39 is 17.8 Å². The summed E-state index contributed by atoms with van der Waals surface area (Å²) >= 11 is 0. The van der Waals surface area contributed by atoms with E-state index in [9.17, 15) is 22.8 Å². The number of carbonyl (C=O) groups excluding carboxylic acids is 1. The van der Waals surface area contributed by atoms with Crippen molar-refractivity contribution in [2.75, 3.05) is 25.5 Å². The van der Waals surface area contributed by atoms with E-state index in [1.165, 1.54) is 30.5 Å². The zero-order valence-electron chi connectivity index (χ0n) is 21.1. The van der Waals surface area contributed by atoms with Gasteiger partial charge in [-0.15, -0.1) is 0 Å². The number of halogens is 3. The molecule has 0 bridgehead atoms. The number of alkyl halides is 3. The van der Waals surface area contributed by atoms with Crippen LogP contribution in [0.5, 0.6) is 11.5 Å². The second-order valence-corrected chi connectivity index (χ2v) is 9.17. The molecule has 3 aromatic carbocycles. The molecule has 4 aromatic rings. The maximum absolute atomic E-state index is 12.8. The molecule has 0 unspecified atom stereocenters. The number of nitrogens with one attached hydrogen (secondary N) is 1. The van der Waals surface area contributed by atoms with Crippen LogP contribution in [0.15, 0.2) is 67.0 Å². The fraction of sp³-hybridized carbons (Fsp3) is 0.214. The number of carbonyl (C=O) groups is 2. The van der Waals surface area contributed by atoms with Gasteiger partial charge < -0.3 is 24.8 Å². The Hall–Kier alpha value is -4.87. The van der Waals surface area contributed by atoms with Crippen LogP contribution < -0.4 is 14.8 Å². The standard InChI is InChI=1S/C28H23F3N4O5/c1-39-23-12-22-21(11-24(23)40-20-13-35(14-20)27(37)38)26(33-15-32-22)17-4-8-19(9-5-17)34-25(36)10-16-2-6-18(7-3-16)28(29,30)31/h2-9,11-12,15,20H,10,13-14H2,1H3,(H,34,36)(H,37,38). The van der Waals surface area contributed by atoms with E-state index >= 15 is 0 Å². The van der Waals surface area contributed by atoms with Crippen molar-refractivity contribution < 1.29 is 37.3 Å². The number of rotatable bonds is 7. The molecule has 1 aromatic heterocycles. The molecule has 9 nitrogen and oxygen atoms in total. The number of benzene rings is 3. The van der Waals surface area contributed by atoms with Gasteiger partial charge in [0.1, 0.15) is 12.4 Å². The first-order valence-corrected chi connectivity index (χ1v) is 12.1. The normalized spacial score (nSPS) is 13.6. The number of hydrogen-bond donors (Lipinski definition) is 2. The Morgan fingerprint density at radius 2 is 1.73 bits per heavy atom. The predicted octanol–water partition coefficient (Wildman–Crippen LogP) is 5.25. The average molecular weight is 553 g/mol. The molecule has 0 aliphatic carbocycles. The molecule has 40 heavy (non-hydrogen) atoms. The molecule has 0 radical (unpaired) electrons. The lowest BCUT2D eigenvalue weighted by atomic mass is 10.0. The van der Waals surface area contributed by atoms with Gasteiger partial charge in [-0.05, 0) is 35.9 Å². The maximum atomic E-state index is 12.8. The summed E-state index contributed by atoms with van der Waals surface area (Å²) in [6.45, 7) is 0.501. The first-order chi connectivity index (χ1) is 19.1. The number of fused-ring (bicyclic) bond motifs is 1. The smallest absolute Gasteiger partial charge is 0.416 e. The first-order valence-electron chi connectivity index (χ1n) is 12.1. The molecule has 2 N–H and O–H groups in total. The summed E-state index contributed by atoms with van der Waals surface area (Å²) in [6, 6.07) is 14.9. The van der Waals surface area contributed by atoms with Crippen LogP contribution in [-0.2, 0) is 17.4 Å². The van der Waals surface area contributed by atoms with Gasteiger partial charge in [-0.3, -0.25) is 4.79 Å². The highest BCUT2D eigenvalue weighted by Crippen LogP contribution is 2.37. The first kappa shape index (κ1) is 26.7. The Labute approximate surface area is 226 Å². The second-order valence-electron chi connectivity index (χ2n) is 9.17. The minimum Gasteiger partial charge on any atom is -0.493 e. The van der Waals surface area contributed by atoms with E-state index in [1.807, 2.05) is 0 Å². The molecule has 5 rings (SSSR count). The fourth-order valence-corrected chi connectivity index (χ4v) is 4.31. The highest BCUT2D eigenvalue weighted by molar-refractivity contribution is 5.95. The summed E-state index contributed by atoms with van der Waals surface area (Å²) in [7, 11) is 1.50. The Bertz CT molecular complexity index is 1550. The van der Waals surface area contributed by atoms with Gasteiger partial charge in [0.15, 0.2) is 11.5 Å². The zero-order valence-corrected chi connectivity index (χ0v) is 21.1. The molecule has 2 amide bonds. The Kier molecular flexibility index (Phi) is 7.16. The summed E-state index contributed by atoms with van der Waals surface area (Å²) in [4.78, 5) is 33.5. The number of aromatic nitrogens is 2. The minimum atomic E-state index is -4.43. The van der Waals surface area contributed by atoms with Crippen molar-refractivity contribution >= 4 is 28.6 Å². The zero-order chi connectivity index (χ0) is 28.4. The molecular formula is C28H23F3N4O5. The Morgan fingerprint density at radius 1 is 1.02 bits per heavy atom. The van der Waals surface area contributed by atoms with Gasteiger partial charge in [-0.2, -0.15) is 13.2 Å². The van der Waals surface area contributed by atoms with E-state index in [0.29, 0.717) is 39.3 Å². The van der Waals surface area contributed by atoms with Crippen LogP contribution in [0.1, 0.15) is 11.1 Å². The fourth-order valence-electron chi connectivity index (χ4n) is 4.31. The number of ether oxygens (including phenoxy) is 2. The van der Waals surface area contributed by atoms with Gasteiger partial charge in [0.25, 0.3) is 0 Å². The highest BCUT2D eigenvalue weighted by atomic mass is 19.4. The second kappa shape index (κ2) is 10.7. The largest absolute Gasteiger partial charge is 0.493 e. The molecular weight excluding hydrogens is 529 g/mol. The van der Waals surface area contributed by atoms with Crippen LogP contribution in [-0.4, -0.2) is 58.3 Å². The van der Waals surface area contributed by atoms with E-state index in [2.05, 4.69) is 15.3 Å². The van der Waals surface area contributed by atoms with Crippen LogP contribution in [0.3, 0.4) is 0 Å². The number of nitrogens with zero attached hydrogens (tertiary/aromatic N) is 3. The van der Waals surface area contributed by atoms with E-state index in [4.69, 9.17) is 14.6 Å². The third kappa shape index (κ3) is 5.75. The van der Waals surface area contributed by atoms with Crippen molar-refractivity contribution in [2.45, 2.75) is 18.7 Å². The maximum Gasteiger partial charge on any atom is 0.416 e. The minimum absolute atomic E-state index is 0.0771. The summed E-state index contributed by atoms with van der Waals surface area (Å²) < 4.78 is 49.7. The number of methoxy groups -OCH3 is 1. The van der Waals surface area contributed by atoms with Crippen LogP contribution >= 0.6 is 0 Å². The molecule has 206 valence electrons. The molecule has 1 fully saturated rings. The monoisotopic (exact) mass is 552 g/mol. The van der Waals surface area contributed by atoms with Crippen LogP contribution in [0.4, 0.5) is 23.7 Å². The SMILES string of the molecule is COc1cc2ncnc(-c3ccc(NC(=O)Cc4ccc(C(F)(F)F)cc4)cc3)c2cc1OC1CN(C(=O)O)C1. The van der Waals surface area contributed by atoms with Gasteiger partial charge in [0.2, 0.25) is 5.91 Å². The van der Waals surface area contributed by atoms with Gasteiger partial charge >= 0.3 is 12.3 Å². The number of hydrogen-bond acceptors (Lipinski definition) is 6. The van der Waals surface area contributed by atoms with Gasteiger partial charge in [-0.25, -0.2) is 14.8 Å². The lowest BCUT2D eigenvalue weighted by molar-refractivity contribution is -0.137. The average Bonchev–Trinajstić information content (AvgIpc) is 2.89. The third-order valence-electron chi connectivity index (χ3n) is 6.42. The number of carboxylic acid groups (broad SMARTS) is 1. The lowest BCUT2D eigenvalue weighted by Crippen LogP contribution is -2.55. The van der Waals surface area contributed by atoms with Crippen molar-refractivity contribution in [3.8, 4) is 22.8 Å². The van der Waals surface area contributed by atoms with Crippen LogP contribution in [0.2, 0.25) is 0 Å². The van der Waals surface area contributed by atoms with E-state index in [0.717, 1.165) is 17.7 Å². The molecule has 0 spiro atoms. The molecule has 12 heteroatoms. The van der Waals surface area contributed by atoms with Gasteiger partial charge in [0, 0.05) is 22.7 Å². The quantitative estimate of drug-likeness (QED) is 0.322. The van der Waals surface area contributed by atoms with Gasteiger partial charge in [-0.1, -0.05) is 24.3 Å². The highest BCUT2D eigenvalue weighted by Gasteiger charge is 2.33. The summed E-state index contributed by atoms with van der Waals surface area (Å²) in [5, 5.41) is 12.5. The lowest BCUT2D eigenvalue weighted by Gasteiger charge is -2.37. The molecule has 0 saturated carbocycles. The third-order valence-corrected chi connectivity index (χ3v) is 6.42.